The van der Waals surface area contributed by atoms with Crippen LogP contribution >= 0.6 is 11.6 Å². The zero-order valence-corrected chi connectivity index (χ0v) is 26.0. The highest BCUT2D eigenvalue weighted by Crippen LogP contribution is 2.40. The van der Waals surface area contributed by atoms with E-state index in [4.69, 9.17) is 21.1 Å². The molecule has 44 heavy (non-hydrogen) atoms. The van der Waals surface area contributed by atoms with Gasteiger partial charge < -0.3 is 30.1 Å². The van der Waals surface area contributed by atoms with Crippen LogP contribution in [0.2, 0.25) is 5.02 Å². The molecule has 0 saturated carbocycles. The van der Waals surface area contributed by atoms with Crippen molar-refractivity contribution in [3.05, 3.63) is 70.7 Å². The van der Waals surface area contributed by atoms with Gasteiger partial charge >= 0.3 is 6.03 Å². The van der Waals surface area contributed by atoms with Gasteiger partial charge in [0.05, 0.1) is 24.8 Å². The molecule has 0 spiro atoms. The van der Waals surface area contributed by atoms with Crippen LogP contribution in [0.1, 0.15) is 17.5 Å². The number of carbonyl (C=O) groups excluding carboxylic acids is 3. The van der Waals surface area contributed by atoms with E-state index in [1.54, 1.807) is 20.2 Å². The van der Waals surface area contributed by atoms with Gasteiger partial charge in [-0.15, -0.1) is 0 Å². The lowest BCUT2D eigenvalue weighted by molar-refractivity contribution is -0.140. The number of halogens is 1. The number of aliphatic hydroxyl groups excluding tert-OH is 1. The van der Waals surface area contributed by atoms with Crippen molar-refractivity contribution in [1.29, 1.82) is 0 Å². The van der Waals surface area contributed by atoms with Crippen molar-refractivity contribution in [2.24, 2.45) is 5.92 Å². The Morgan fingerprint density at radius 2 is 1.82 bits per heavy atom. The summed E-state index contributed by atoms with van der Waals surface area (Å²) in [6, 6.07) is 16.8. The van der Waals surface area contributed by atoms with E-state index in [1.165, 1.54) is 11.9 Å². The summed E-state index contributed by atoms with van der Waals surface area (Å²) < 4.78 is 11.0. The lowest BCUT2D eigenvalue weighted by atomic mass is 9.94. The van der Waals surface area contributed by atoms with Gasteiger partial charge in [0, 0.05) is 62.2 Å². The molecule has 3 atom stereocenters. The molecule has 232 valence electrons. The average molecular weight is 621 g/mol. The maximum atomic E-state index is 13.2. The Kier molecular flexibility index (Phi) is 9.55. The van der Waals surface area contributed by atoms with Crippen molar-refractivity contribution < 1.29 is 29.0 Å². The highest BCUT2D eigenvalue weighted by molar-refractivity contribution is 6.36. The van der Waals surface area contributed by atoms with Crippen LogP contribution in [-0.4, -0.2) is 85.9 Å². The van der Waals surface area contributed by atoms with Gasteiger partial charge in [-0.05, 0) is 42.2 Å². The van der Waals surface area contributed by atoms with Crippen LogP contribution < -0.4 is 15.4 Å². The molecule has 0 aromatic heterocycles. The first-order chi connectivity index (χ1) is 21.1. The monoisotopic (exact) mass is 620 g/mol. The van der Waals surface area contributed by atoms with Gasteiger partial charge in [0.15, 0.2) is 0 Å². The maximum Gasteiger partial charge on any atom is 0.326 e. The molecule has 0 aliphatic carbocycles. The fraction of sp³-hybridized carbons (Fsp3) is 0.364. The molecule has 0 bridgehead atoms. The first-order valence-electron chi connectivity index (χ1n) is 14.5. The summed E-state index contributed by atoms with van der Waals surface area (Å²) in [4.78, 5) is 40.3. The zero-order chi connectivity index (χ0) is 31.5. The van der Waals surface area contributed by atoms with Gasteiger partial charge in [-0.2, -0.15) is 0 Å². The fourth-order valence-electron chi connectivity index (χ4n) is 5.72. The molecule has 0 radical (unpaired) electrons. The third-order valence-corrected chi connectivity index (χ3v) is 8.78. The molecule has 11 heteroatoms. The van der Waals surface area contributed by atoms with Gasteiger partial charge in [0.1, 0.15) is 11.7 Å². The third kappa shape index (κ3) is 6.30. The minimum atomic E-state index is -1.01. The Morgan fingerprint density at radius 1 is 1.09 bits per heavy atom. The van der Waals surface area contributed by atoms with Crippen molar-refractivity contribution in [2.75, 3.05) is 46.3 Å². The molecular weight excluding hydrogens is 584 g/mol. The topological polar surface area (TPSA) is 120 Å². The number of nitrogens with one attached hydrogen (secondary N) is 2. The number of carbonyl (C=O) groups is 3. The summed E-state index contributed by atoms with van der Waals surface area (Å²) in [5, 5.41) is 17.1. The molecule has 2 fully saturated rings. The van der Waals surface area contributed by atoms with Crippen LogP contribution in [0.15, 0.2) is 54.6 Å². The number of aliphatic hydroxyl groups is 1. The van der Waals surface area contributed by atoms with E-state index < -0.39 is 29.9 Å². The number of hydrogen-bond acceptors (Lipinski definition) is 7. The van der Waals surface area contributed by atoms with E-state index in [0.717, 1.165) is 44.7 Å². The second-order valence-corrected chi connectivity index (χ2v) is 11.6. The molecule has 3 aromatic carbocycles. The molecular formula is C33H37ClN4O6. The SMILES string of the molecule is COc1cc(-c2cccc(-c3cccc(NC(=O)C4CN(C)C(=O)N(C)C4=O)c3C)c2Cl)ccc1CN[C@@H]1CCOC[C@@H]1O. The molecule has 3 N–H and O–H groups in total. The van der Waals surface area contributed by atoms with Crippen LogP contribution in [0.4, 0.5) is 10.5 Å². The van der Waals surface area contributed by atoms with Gasteiger partial charge in [-0.1, -0.05) is 54.1 Å². The number of anilines is 1. The van der Waals surface area contributed by atoms with E-state index in [2.05, 4.69) is 10.6 Å². The smallest absolute Gasteiger partial charge is 0.326 e. The van der Waals surface area contributed by atoms with Crippen LogP contribution in [0, 0.1) is 12.8 Å². The Balaban J connectivity index is 1.38. The summed E-state index contributed by atoms with van der Waals surface area (Å²) in [7, 11) is 4.56. The minimum absolute atomic E-state index is 0.0102. The standard InChI is InChI=1S/C33H37ClN4O6/c1-19-22(7-6-10-26(19)36-31(40)25-17-37(2)33(42)38(3)32(25)41)24-9-5-8-23(30(24)34)20-11-12-21(29(15-20)43-4)16-35-27-13-14-44-18-28(27)39/h5-12,15,25,27-28,35,39H,13-14,16-18H2,1-4H3,(H,36,40)/t25?,27-,28+/m1/s1. The van der Waals surface area contributed by atoms with Crippen molar-refractivity contribution in [1.82, 2.24) is 15.1 Å². The van der Waals surface area contributed by atoms with Crippen molar-refractivity contribution in [2.45, 2.75) is 32.0 Å². The number of amides is 4. The van der Waals surface area contributed by atoms with Crippen LogP contribution in [0.5, 0.6) is 5.75 Å². The summed E-state index contributed by atoms with van der Waals surface area (Å²) in [6.45, 7) is 3.38. The van der Waals surface area contributed by atoms with E-state index in [0.29, 0.717) is 36.2 Å². The predicted octanol–water partition coefficient (Wildman–Crippen LogP) is 4.31. The van der Waals surface area contributed by atoms with Gasteiger partial charge in [0.25, 0.3) is 0 Å². The molecule has 2 heterocycles. The van der Waals surface area contributed by atoms with Crippen molar-refractivity contribution >= 4 is 35.1 Å². The van der Waals surface area contributed by atoms with Crippen LogP contribution in [0.25, 0.3) is 22.3 Å². The normalized spacial score (nSPS) is 20.5. The Morgan fingerprint density at radius 3 is 2.57 bits per heavy atom. The summed E-state index contributed by atoms with van der Waals surface area (Å²) in [6.07, 6.45) is 0.192. The lowest BCUT2D eigenvalue weighted by Crippen LogP contribution is -2.56. The number of urea groups is 1. The van der Waals surface area contributed by atoms with Crippen LogP contribution in [-0.2, 0) is 20.9 Å². The molecule has 5 rings (SSSR count). The minimum Gasteiger partial charge on any atom is -0.496 e. The largest absolute Gasteiger partial charge is 0.496 e. The van der Waals surface area contributed by atoms with Gasteiger partial charge in [0.2, 0.25) is 11.8 Å². The molecule has 2 aliphatic heterocycles. The highest BCUT2D eigenvalue weighted by atomic mass is 35.5. The quantitative estimate of drug-likeness (QED) is 0.321. The number of nitrogens with zero attached hydrogens (tertiary/aromatic N) is 2. The number of methoxy groups -OCH3 is 1. The van der Waals surface area contributed by atoms with Crippen molar-refractivity contribution in [3.8, 4) is 28.0 Å². The average Bonchev–Trinajstić information content (AvgIpc) is 3.02. The highest BCUT2D eigenvalue weighted by Gasteiger charge is 2.39. The van der Waals surface area contributed by atoms with Crippen LogP contribution in [0.3, 0.4) is 0 Å². The molecule has 2 aliphatic rings. The number of hydrogen-bond donors (Lipinski definition) is 3. The van der Waals surface area contributed by atoms with Gasteiger partial charge in [-0.25, -0.2) is 4.79 Å². The maximum absolute atomic E-state index is 13.2. The Bertz CT molecular complexity index is 1580. The van der Waals surface area contributed by atoms with Crippen molar-refractivity contribution in [3.63, 3.8) is 0 Å². The molecule has 1 unspecified atom stereocenters. The van der Waals surface area contributed by atoms with E-state index in [9.17, 15) is 19.5 Å². The summed E-state index contributed by atoms with van der Waals surface area (Å²) in [5.74, 6) is -1.32. The fourth-order valence-corrected chi connectivity index (χ4v) is 6.05. The zero-order valence-electron chi connectivity index (χ0n) is 25.2. The first-order valence-corrected chi connectivity index (χ1v) is 14.9. The number of benzene rings is 3. The first kappa shape index (κ1) is 31.5. The molecule has 10 nitrogen and oxygen atoms in total. The number of imide groups is 1. The summed E-state index contributed by atoms with van der Waals surface area (Å²) >= 11 is 7.04. The molecule has 4 amide bonds. The number of rotatable bonds is 8. The molecule has 2 saturated heterocycles. The second kappa shape index (κ2) is 13.4. The molecule has 3 aromatic rings. The second-order valence-electron chi connectivity index (χ2n) is 11.2. The van der Waals surface area contributed by atoms with E-state index >= 15 is 0 Å². The van der Waals surface area contributed by atoms with E-state index in [-0.39, 0.29) is 12.6 Å². The Hall–Kier alpha value is -3.96. The number of ether oxygens (including phenoxy) is 2. The summed E-state index contributed by atoms with van der Waals surface area (Å²) in [5.41, 5.74) is 5.61. The Labute approximate surface area is 261 Å². The van der Waals surface area contributed by atoms with Gasteiger partial charge in [-0.3, -0.25) is 14.5 Å². The lowest BCUT2D eigenvalue weighted by Gasteiger charge is -2.33. The third-order valence-electron chi connectivity index (χ3n) is 8.37. The predicted molar refractivity (Wildman–Crippen MR) is 169 cm³/mol. The van der Waals surface area contributed by atoms with E-state index in [1.807, 2.05) is 55.5 Å².